The van der Waals surface area contributed by atoms with Crippen molar-refractivity contribution in [2.75, 3.05) is 4.90 Å². The highest BCUT2D eigenvalue weighted by Gasteiger charge is 2.56. The Hall–Kier alpha value is -3.87. The van der Waals surface area contributed by atoms with Crippen molar-refractivity contribution in [3.63, 3.8) is 0 Å². The van der Waals surface area contributed by atoms with Gasteiger partial charge in [-0.25, -0.2) is 14.6 Å². The van der Waals surface area contributed by atoms with Crippen LogP contribution in [0.1, 0.15) is 23.6 Å². The molecule has 0 bridgehead atoms. The fraction of sp³-hybridized carbons (Fsp3) is 0.158. The molecule has 1 unspecified atom stereocenters. The number of anilines is 1. The van der Waals surface area contributed by atoms with E-state index in [2.05, 4.69) is 0 Å². The van der Waals surface area contributed by atoms with Crippen molar-refractivity contribution in [2.45, 2.75) is 18.6 Å². The highest BCUT2D eigenvalue weighted by molar-refractivity contribution is 6.25. The van der Waals surface area contributed by atoms with Gasteiger partial charge in [-0.3, -0.25) is 9.59 Å². The molecule has 4 amide bonds. The van der Waals surface area contributed by atoms with Gasteiger partial charge < -0.3 is 5.11 Å². The minimum atomic E-state index is -4.89. The molecule has 10 heteroatoms. The maximum Gasteiger partial charge on any atom is 0.417 e. The van der Waals surface area contributed by atoms with Gasteiger partial charge in [0, 0.05) is 0 Å². The lowest BCUT2D eigenvalue weighted by Crippen LogP contribution is -2.43. The third-order valence-corrected chi connectivity index (χ3v) is 4.72. The molecular weight excluding hydrogens is 391 g/mol. The van der Waals surface area contributed by atoms with Gasteiger partial charge in [0.15, 0.2) is 5.54 Å². The van der Waals surface area contributed by atoms with E-state index in [0.717, 1.165) is 12.1 Å². The number of phenols is 1. The van der Waals surface area contributed by atoms with Crippen LogP contribution in [0.25, 0.3) is 0 Å². The van der Waals surface area contributed by atoms with Crippen molar-refractivity contribution >= 4 is 24.0 Å². The van der Waals surface area contributed by atoms with E-state index in [1.165, 1.54) is 37.3 Å². The number of benzene rings is 2. The normalized spacial score (nSPS) is 19.4. The number of aromatic hydroxyl groups is 1. The van der Waals surface area contributed by atoms with Gasteiger partial charge in [0.25, 0.3) is 5.91 Å². The number of nitrogens with zero attached hydrogens (tertiary/aromatic N) is 3. The summed E-state index contributed by atoms with van der Waals surface area (Å²) >= 11 is 0. The minimum Gasteiger partial charge on any atom is -0.508 e. The fourth-order valence-corrected chi connectivity index (χ4v) is 3.14. The van der Waals surface area contributed by atoms with Crippen LogP contribution >= 0.6 is 0 Å². The quantitative estimate of drug-likeness (QED) is 0.627. The van der Waals surface area contributed by atoms with Gasteiger partial charge in [0.2, 0.25) is 6.41 Å². The number of alkyl halides is 3. The first-order valence-corrected chi connectivity index (χ1v) is 8.09. The van der Waals surface area contributed by atoms with Crippen molar-refractivity contribution in [1.29, 1.82) is 5.26 Å². The number of phenolic OH excluding ortho intramolecular Hbond substituents is 1. The first-order valence-electron chi connectivity index (χ1n) is 8.09. The van der Waals surface area contributed by atoms with Crippen molar-refractivity contribution in [3.05, 3.63) is 59.2 Å². The summed E-state index contributed by atoms with van der Waals surface area (Å²) in [6.07, 6.45) is -4.78. The SMILES string of the molecule is CC1(c2ccc(O)cc2)C(=O)N(c2ccc(C#N)c(C(F)(F)F)c2)C(=O)N1C=O. The van der Waals surface area contributed by atoms with Gasteiger partial charge >= 0.3 is 12.2 Å². The molecule has 1 aliphatic rings. The molecule has 0 spiro atoms. The number of carbonyl (C=O) groups excluding carboxylic acids is 3. The van der Waals surface area contributed by atoms with Crippen LogP contribution < -0.4 is 4.90 Å². The Morgan fingerprint density at radius 2 is 1.76 bits per heavy atom. The summed E-state index contributed by atoms with van der Waals surface area (Å²) in [4.78, 5) is 38.4. The lowest BCUT2D eigenvalue weighted by atomic mass is 9.90. The molecule has 1 saturated heterocycles. The van der Waals surface area contributed by atoms with E-state index in [0.29, 0.717) is 15.9 Å². The number of nitriles is 1. The van der Waals surface area contributed by atoms with Crippen molar-refractivity contribution in [2.24, 2.45) is 0 Å². The Kier molecular flexibility index (Phi) is 4.54. The van der Waals surface area contributed by atoms with Crippen molar-refractivity contribution in [1.82, 2.24) is 4.90 Å². The van der Waals surface area contributed by atoms with Crippen LogP contribution in [0.4, 0.5) is 23.7 Å². The molecule has 7 nitrogen and oxygen atoms in total. The van der Waals surface area contributed by atoms with Crippen LogP contribution in [0, 0.1) is 11.3 Å². The molecule has 0 radical (unpaired) electrons. The summed E-state index contributed by atoms with van der Waals surface area (Å²) in [5.41, 5.74) is -4.07. The molecule has 2 aromatic carbocycles. The smallest absolute Gasteiger partial charge is 0.417 e. The zero-order valence-electron chi connectivity index (χ0n) is 14.8. The highest BCUT2D eigenvalue weighted by atomic mass is 19.4. The van der Waals surface area contributed by atoms with E-state index >= 15 is 0 Å². The molecule has 0 aromatic heterocycles. The molecule has 3 rings (SSSR count). The fourth-order valence-electron chi connectivity index (χ4n) is 3.14. The van der Waals surface area contributed by atoms with E-state index in [1.54, 1.807) is 0 Å². The number of halogens is 3. The zero-order chi connectivity index (χ0) is 21.6. The van der Waals surface area contributed by atoms with Crippen LogP contribution in [-0.2, 0) is 21.3 Å². The van der Waals surface area contributed by atoms with Crippen LogP contribution in [-0.4, -0.2) is 28.4 Å². The predicted molar refractivity (Wildman–Crippen MR) is 92.4 cm³/mol. The molecular formula is C19H12F3N3O4. The number of imide groups is 2. The number of urea groups is 1. The maximum atomic E-state index is 13.3. The van der Waals surface area contributed by atoms with E-state index in [4.69, 9.17) is 5.26 Å². The Balaban J connectivity index is 2.16. The largest absolute Gasteiger partial charge is 0.508 e. The summed E-state index contributed by atoms with van der Waals surface area (Å²) in [5, 5.41) is 18.3. The molecule has 1 fully saturated rings. The number of hydrogen-bond donors (Lipinski definition) is 1. The summed E-state index contributed by atoms with van der Waals surface area (Å²) in [5.74, 6) is -1.08. The minimum absolute atomic E-state index is 0.113. The highest BCUT2D eigenvalue weighted by Crippen LogP contribution is 2.41. The van der Waals surface area contributed by atoms with Gasteiger partial charge in [0.1, 0.15) is 5.75 Å². The van der Waals surface area contributed by atoms with Crippen LogP contribution in [0.2, 0.25) is 0 Å². The monoisotopic (exact) mass is 403 g/mol. The number of amides is 4. The number of hydrogen-bond acceptors (Lipinski definition) is 5. The summed E-state index contributed by atoms with van der Waals surface area (Å²) < 4.78 is 39.8. The van der Waals surface area contributed by atoms with E-state index in [-0.39, 0.29) is 17.7 Å². The molecule has 2 aromatic rings. The number of rotatable bonds is 3. The summed E-state index contributed by atoms with van der Waals surface area (Å²) in [7, 11) is 0. The molecule has 1 N–H and O–H groups in total. The lowest BCUT2D eigenvalue weighted by Gasteiger charge is -2.27. The Morgan fingerprint density at radius 3 is 2.28 bits per heavy atom. The summed E-state index contributed by atoms with van der Waals surface area (Å²) in [6, 6.07) is 7.78. The van der Waals surface area contributed by atoms with Crippen LogP contribution in [0.3, 0.4) is 0 Å². The number of carbonyl (C=O) groups is 3. The third-order valence-electron chi connectivity index (χ3n) is 4.72. The van der Waals surface area contributed by atoms with Gasteiger partial charge in [-0.05, 0) is 42.8 Å². The van der Waals surface area contributed by atoms with Crippen molar-refractivity contribution < 1.29 is 32.7 Å². The van der Waals surface area contributed by atoms with E-state index in [1.807, 2.05) is 0 Å². The Labute approximate surface area is 162 Å². The van der Waals surface area contributed by atoms with E-state index < -0.39 is 40.5 Å². The lowest BCUT2D eigenvalue weighted by molar-refractivity contribution is -0.137. The molecule has 148 valence electrons. The van der Waals surface area contributed by atoms with Crippen LogP contribution in [0.15, 0.2) is 42.5 Å². The zero-order valence-corrected chi connectivity index (χ0v) is 14.8. The average Bonchev–Trinajstić information content (AvgIpc) is 2.87. The molecule has 1 atom stereocenters. The second-order valence-corrected chi connectivity index (χ2v) is 6.36. The van der Waals surface area contributed by atoms with E-state index in [9.17, 15) is 32.7 Å². The maximum absolute atomic E-state index is 13.3. The van der Waals surface area contributed by atoms with Crippen LogP contribution in [0.5, 0.6) is 5.75 Å². The summed E-state index contributed by atoms with van der Waals surface area (Å²) in [6.45, 7) is 1.27. The van der Waals surface area contributed by atoms with Gasteiger partial charge in [-0.1, -0.05) is 12.1 Å². The first kappa shape index (κ1) is 19.9. The van der Waals surface area contributed by atoms with Gasteiger partial charge in [-0.15, -0.1) is 0 Å². The van der Waals surface area contributed by atoms with Crippen molar-refractivity contribution in [3.8, 4) is 11.8 Å². The standard InChI is InChI=1S/C19H12F3N3O4/c1-18(12-3-6-14(27)7-4-12)16(28)25(17(29)24(18)10-26)13-5-2-11(9-23)15(8-13)19(20,21)22/h2-8,10,27H,1H3. The topological polar surface area (TPSA) is 102 Å². The average molecular weight is 403 g/mol. The Bertz CT molecular complexity index is 1060. The second-order valence-electron chi connectivity index (χ2n) is 6.36. The molecule has 29 heavy (non-hydrogen) atoms. The van der Waals surface area contributed by atoms with Gasteiger partial charge in [-0.2, -0.15) is 18.4 Å². The molecule has 0 saturated carbocycles. The predicted octanol–water partition coefficient (Wildman–Crippen LogP) is 3.12. The molecule has 1 heterocycles. The molecule has 1 aliphatic heterocycles. The Morgan fingerprint density at radius 1 is 1.14 bits per heavy atom. The third kappa shape index (κ3) is 2.97. The van der Waals surface area contributed by atoms with Gasteiger partial charge in [0.05, 0.1) is 22.9 Å². The molecule has 0 aliphatic carbocycles. The second kappa shape index (κ2) is 6.63. The first-order chi connectivity index (χ1) is 13.6.